The molecule has 3 heteroatoms. The lowest BCUT2D eigenvalue weighted by Gasteiger charge is -2.14. The fourth-order valence-electron chi connectivity index (χ4n) is 1.54. The second-order valence-corrected chi connectivity index (χ2v) is 4.73. The summed E-state index contributed by atoms with van der Waals surface area (Å²) in [6.45, 7) is 3.40. The van der Waals surface area contributed by atoms with Crippen LogP contribution in [0.2, 0.25) is 0 Å². The molecule has 1 aromatic carbocycles. The predicted molar refractivity (Wildman–Crippen MR) is 59.6 cm³/mol. The summed E-state index contributed by atoms with van der Waals surface area (Å²) in [7, 11) is 0. The summed E-state index contributed by atoms with van der Waals surface area (Å²) in [6, 6.07) is 7.79. The Morgan fingerprint density at radius 1 is 1.31 bits per heavy atom. The smallest absolute Gasteiger partial charge is 0.231 e. The van der Waals surface area contributed by atoms with Gasteiger partial charge in [0.2, 0.25) is 5.79 Å². The summed E-state index contributed by atoms with van der Waals surface area (Å²) in [6.07, 6.45) is 2.59. The molecule has 3 nitrogen and oxygen atoms in total. The second kappa shape index (κ2) is 3.67. The average molecular weight is 220 g/mol. The van der Waals surface area contributed by atoms with Gasteiger partial charge in [0.25, 0.3) is 0 Å². The third-order valence-electron chi connectivity index (χ3n) is 2.90. The second-order valence-electron chi connectivity index (χ2n) is 4.73. The lowest BCUT2D eigenvalue weighted by atomic mass is 10.3. The molecule has 2 aliphatic rings. The van der Waals surface area contributed by atoms with Gasteiger partial charge in [0.05, 0.1) is 6.61 Å². The molecule has 1 aliphatic heterocycles. The van der Waals surface area contributed by atoms with Crippen molar-refractivity contribution in [2.24, 2.45) is 5.92 Å². The summed E-state index contributed by atoms with van der Waals surface area (Å²) in [4.78, 5) is 0. The van der Waals surface area contributed by atoms with Crippen LogP contribution in [0.1, 0.15) is 19.8 Å². The maximum Gasteiger partial charge on any atom is 0.231 e. The van der Waals surface area contributed by atoms with Crippen LogP contribution < -0.4 is 9.47 Å². The van der Waals surface area contributed by atoms with Gasteiger partial charge in [0.15, 0.2) is 11.5 Å². The van der Waals surface area contributed by atoms with Crippen LogP contribution in [0.25, 0.3) is 0 Å². The van der Waals surface area contributed by atoms with Crippen molar-refractivity contribution in [3.05, 3.63) is 24.3 Å². The molecule has 0 N–H and O–H groups in total. The van der Waals surface area contributed by atoms with E-state index in [2.05, 4.69) is 0 Å². The summed E-state index contributed by atoms with van der Waals surface area (Å²) >= 11 is 0. The highest BCUT2D eigenvalue weighted by Crippen LogP contribution is 2.37. The highest BCUT2D eigenvalue weighted by molar-refractivity contribution is 5.40. The molecular formula is C13H16O3. The van der Waals surface area contributed by atoms with Crippen molar-refractivity contribution >= 4 is 0 Å². The number of para-hydroxylation sites is 2. The van der Waals surface area contributed by atoms with Gasteiger partial charge in [0, 0.05) is 6.92 Å². The molecule has 16 heavy (non-hydrogen) atoms. The molecule has 1 saturated carbocycles. The first kappa shape index (κ1) is 9.97. The molecular weight excluding hydrogens is 204 g/mol. The van der Waals surface area contributed by atoms with Crippen LogP contribution in [0, 0.1) is 5.92 Å². The van der Waals surface area contributed by atoms with E-state index < -0.39 is 5.79 Å². The molecule has 0 bridgehead atoms. The van der Waals surface area contributed by atoms with Crippen molar-refractivity contribution in [2.75, 3.05) is 13.2 Å². The molecule has 1 saturated heterocycles. The highest BCUT2D eigenvalue weighted by atomic mass is 16.8. The average Bonchev–Trinajstić information content (AvgIpc) is 3.16. The molecule has 3 rings (SSSR count). The Hall–Kier alpha value is -1.22. The van der Waals surface area contributed by atoms with E-state index in [9.17, 15) is 0 Å². The van der Waals surface area contributed by atoms with Gasteiger partial charge in [-0.3, -0.25) is 0 Å². The van der Waals surface area contributed by atoms with Crippen molar-refractivity contribution in [3.63, 3.8) is 0 Å². The molecule has 1 heterocycles. The van der Waals surface area contributed by atoms with Crippen LogP contribution in [0.15, 0.2) is 24.3 Å². The molecule has 86 valence electrons. The quantitative estimate of drug-likeness (QED) is 0.715. The molecule has 0 unspecified atom stereocenters. The van der Waals surface area contributed by atoms with Gasteiger partial charge < -0.3 is 14.2 Å². The maximum atomic E-state index is 5.75. The van der Waals surface area contributed by atoms with Crippen LogP contribution in [0.5, 0.6) is 11.5 Å². The van der Waals surface area contributed by atoms with Crippen molar-refractivity contribution in [1.82, 2.24) is 0 Å². The van der Waals surface area contributed by atoms with E-state index in [1.165, 1.54) is 12.8 Å². The van der Waals surface area contributed by atoms with E-state index in [1.54, 1.807) is 0 Å². The van der Waals surface area contributed by atoms with Gasteiger partial charge in [-0.1, -0.05) is 12.1 Å². The number of ether oxygens (including phenoxy) is 3. The Labute approximate surface area is 95.3 Å². The standard InChI is InChI=1S/C13H16O3/c1-13(9-15-13)16-12-5-3-2-4-11(12)14-8-10-6-7-10/h2-5,10H,6-9H2,1H3/t13-/m0/s1. The third-order valence-corrected chi connectivity index (χ3v) is 2.90. The van der Waals surface area contributed by atoms with Gasteiger partial charge in [-0.25, -0.2) is 0 Å². The van der Waals surface area contributed by atoms with Gasteiger partial charge in [-0.2, -0.15) is 0 Å². The highest BCUT2D eigenvalue weighted by Gasteiger charge is 2.42. The Morgan fingerprint density at radius 3 is 2.62 bits per heavy atom. The topological polar surface area (TPSA) is 31.0 Å². The number of hydrogen-bond acceptors (Lipinski definition) is 3. The maximum absolute atomic E-state index is 5.75. The zero-order valence-electron chi connectivity index (χ0n) is 9.44. The minimum Gasteiger partial charge on any atom is -0.489 e. The van der Waals surface area contributed by atoms with Crippen molar-refractivity contribution in [3.8, 4) is 11.5 Å². The Morgan fingerprint density at radius 2 is 2.00 bits per heavy atom. The lowest BCUT2D eigenvalue weighted by Crippen LogP contribution is -2.15. The molecule has 0 radical (unpaired) electrons. The van der Waals surface area contributed by atoms with Gasteiger partial charge in [-0.05, 0) is 30.9 Å². The van der Waals surface area contributed by atoms with Crippen LogP contribution in [-0.2, 0) is 4.74 Å². The van der Waals surface area contributed by atoms with E-state index in [0.717, 1.165) is 24.0 Å². The summed E-state index contributed by atoms with van der Waals surface area (Å²) < 4.78 is 16.7. The predicted octanol–water partition coefficient (Wildman–Crippen LogP) is 2.60. The molecule has 1 atom stereocenters. The van der Waals surface area contributed by atoms with Crippen LogP contribution in [-0.4, -0.2) is 19.0 Å². The van der Waals surface area contributed by atoms with Crippen molar-refractivity contribution in [1.29, 1.82) is 0 Å². The minimum atomic E-state index is -0.432. The fourth-order valence-corrected chi connectivity index (χ4v) is 1.54. The van der Waals surface area contributed by atoms with E-state index in [-0.39, 0.29) is 0 Å². The molecule has 1 aliphatic carbocycles. The van der Waals surface area contributed by atoms with Crippen molar-refractivity contribution in [2.45, 2.75) is 25.6 Å². The van der Waals surface area contributed by atoms with Crippen LogP contribution in [0.3, 0.4) is 0 Å². The van der Waals surface area contributed by atoms with Gasteiger partial charge >= 0.3 is 0 Å². The zero-order chi connectivity index (χ0) is 11.0. The molecule has 0 amide bonds. The number of epoxide rings is 1. The Kier molecular flexibility index (Phi) is 2.28. The van der Waals surface area contributed by atoms with Crippen LogP contribution in [0.4, 0.5) is 0 Å². The summed E-state index contributed by atoms with van der Waals surface area (Å²) in [5, 5.41) is 0. The van der Waals surface area contributed by atoms with Crippen LogP contribution >= 0.6 is 0 Å². The van der Waals surface area contributed by atoms with E-state index in [1.807, 2.05) is 31.2 Å². The SMILES string of the molecule is C[C@]1(Oc2ccccc2OCC2CC2)CO1. The van der Waals surface area contributed by atoms with E-state index in [0.29, 0.717) is 6.61 Å². The number of hydrogen-bond donors (Lipinski definition) is 0. The number of rotatable bonds is 5. The van der Waals surface area contributed by atoms with E-state index in [4.69, 9.17) is 14.2 Å². The van der Waals surface area contributed by atoms with Gasteiger partial charge in [-0.15, -0.1) is 0 Å². The fraction of sp³-hybridized carbons (Fsp3) is 0.538. The van der Waals surface area contributed by atoms with E-state index >= 15 is 0 Å². The number of benzene rings is 1. The Bertz CT molecular complexity index is 381. The Balaban J connectivity index is 1.69. The van der Waals surface area contributed by atoms with Crippen molar-refractivity contribution < 1.29 is 14.2 Å². The third kappa shape index (κ3) is 2.30. The minimum absolute atomic E-state index is 0.432. The zero-order valence-corrected chi connectivity index (χ0v) is 9.44. The normalized spacial score (nSPS) is 27.6. The lowest BCUT2D eigenvalue weighted by molar-refractivity contribution is 0.0757. The first-order valence-corrected chi connectivity index (χ1v) is 5.80. The summed E-state index contributed by atoms with van der Waals surface area (Å²) in [5.41, 5.74) is 0. The largest absolute Gasteiger partial charge is 0.489 e. The first-order valence-electron chi connectivity index (χ1n) is 5.80. The monoisotopic (exact) mass is 220 g/mol. The first-order chi connectivity index (χ1) is 7.75. The molecule has 1 aromatic rings. The molecule has 0 aromatic heterocycles. The summed E-state index contributed by atoms with van der Waals surface area (Å²) in [5.74, 6) is 1.93. The molecule has 2 fully saturated rings. The molecule has 0 spiro atoms. The van der Waals surface area contributed by atoms with Gasteiger partial charge in [0.1, 0.15) is 6.61 Å².